The molecule has 0 saturated carbocycles. The van der Waals surface area contributed by atoms with Crippen LogP contribution in [0.25, 0.3) is 33.9 Å². The van der Waals surface area contributed by atoms with Gasteiger partial charge in [-0.2, -0.15) is 0 Å². The lowest BCUT2D eigenvalue weighted by atomic mass is 9.86. The molecule has 0 bridgehead atoms. The molecule has 5 unspecified atom stereocenters. The number of hydrogen-bond acceptors (Lipinski definition) is 11. The van der Waals surface area contributed by atoms with Crippen molar-refractivity contribution in [2.45, 2.75) is 43.5 Å². The van der Waals surface area contributed by atoms with E-state index in [0.29, 0.717) is 17.5 Å². The molecule has 2 aliphatic rings. The molecule has 0 radical (unpaired) electrons. The van der Waals surface area contributed by atoms with E-state index >= 15 is 0 Å². The SMILES string of the molecule is O=C(O)C1OC(Oc2cc3oc(-c4ccc(O)cc4C4=Cc5ccccc5CC4)cc(=O)c3c(O)c2O)C(O)C(O)C1O. The van der Waals surface area contributed by atoms with Crippen LogP contribution in [0.5, 0.6) is 23.0 Å². The Morgan fingerprint density at radius 2 is 1.63 bits per heavy atom. The summed E-state index contributed by atoms with van der Waals surface area (Å²) in [5, 5.41) is 70.8. The number of aliphatic hydroxyl groups is 3. The van der Waals surface area contributed by atoms with Gasteiger partial charge in [0.2, 0.25) is 12.0 Å². The molecular weight excluding hydrogens is 564 g/mol. The second-order valence-corrected chi connectivity index (χ2v) is 10.4. The van der Waals surface area contributed by atoms with Crippen LogP contribution in [0.4, 0.5) is 0 Å². The quantitative estimate of drug-likeness (QED) is 0.167. The molecule has 1 aliphatic heterocycles. The number of fused-ring (bicyclic) bond motifs is 2. The van der Waals surface area contributed by atoms with Gasteiger partial charge in [-0.3, -0.25) is 4.79 Å². The fourth-order valence-corrected chi connectivity index (χ4v) is 5.42. The van der Waals surface area contributed by atoms with Gasteiger partial charge in [0.15, 0.2) is 23.0 Å². The Morgan fingerprint density at radius 3 is 2.40 bits per heavy atom. The molecule has 3 aromatic carbocycles. The summed E-state index contributed by atoms with van der Waals surface area (Å²) in [6.07, 6.45) is -6.37. The molecule has 2 heterocycles. The van der Waals surface area contributed by atoms with E-state index in [1.807, 2.05) is 30.3 Å². The van der Waals surface area contributed by atoms with Gasteiger partial charge in [0.1, 0.15) is 40.8 Å². The van der Waals surface area contributed by atoms with Crippen LogP contribution in [0.1, 0.15) is 23.1 Å². The fourth-order valence-electron chi connectivity index (χ4n) is 5.42. The number of allylic oxidation sites excluding steroid dienone is 1. The highest BCUT2D eigenvalue weighted by Crippen LogP contribution is 2.44. The number of rotatable bonds is 5. The average Bonchev–Trinajstić information content (AvgIpc) is 2.99. The molecule has 222 valence electrons. The molecule has 0 amide bonds. The molecule has 12 heteroatoms. The number of aryl methyl sites for hydroxylation is 1. The molecule has 6 rings (SSSR count). The normalized spacial score (nSPS) is 23.4. The first-order valence-corrected chi connectivity index (χ1v) is 13.3. The van der Waals surface area contributed by atoms with Crippen LogP contribution in [0, 0.1) is 0 Å². The van der Waals surface area contributed by atoms with Crippen molar-refractivity contribution in [2.75, 3.05) is 0 Å². The van der Waals surface area contributed by atoms with Crippen LogP contribution in [0.2, 0.25) is 0 Å². The lowest BCUT2D eigenvalue weighted by molar-refractivity contribution is -0.271. The van der Waals surface area contributed by atoms with E-state index in [1.165, 1.54) is 11.6 Å². The van der Waals surface area contributed by atoms with E-state index in [9.17, 15) is 45.3 Å². The minimum absolute atomic E-state index is 0.00194. The fraction of sp³-hybridized carbons (Fsp3) is 0.226. The minimum atomic E-state index is -1.98. The second-order valence-electron chi connectivity index (χ2n) is 10.4. The molecule has 43 heavy (non-hydrogen) atoms. The molecule has 1 aromatic heterocycles. The molecule has 1 aliphatic carbocycles. The molecule has 1 fully saturated rings. The van der Waals surface area contributed by atoms with Gasteiger partial charge in [-0.1, -0.05) is 30.3 Å². The highest BCUT2D eigenvalue weighted by atomic mass is 16.7. The van der Waals surface area contributed by atoms with E-state index < -0.39 is 59.4 Å². The Hall–Kier alpha value is -4.88. The number of aliphatic hydroxyl groups excluding tert-OH is 3. The van der Waals surface area contributed by atoms with Crippen LogP contribution < -0.4 is 10.2 Å². The first kappa shape index (κ1) is 28.2. The maximum Gasteiger partial charge on any atom is 0.335 e. The summed E-state index contributed by atoms with van der Waals surface area (Å²) in [4.78, 5) is 24.6. The van der Waals surface area contributed by atoms with Gasteiger partial charge in [0.25, 0.3) is 0 Å². The average molecular weight is 591 g/mol. The van der Waals surface area contributed by atoms with Gasteiger partial charge in [-0.05, 0) is 53.3 Å². The van der Waals surface area contributed by atoms with Gasteiger partial charge in [0.05, 0.1) is 0 Å². The first-order valence-electron chi connectivity index (χ1n) is 13.3. The number of carbonyl (C=O) groups is 1. The Balaban J connectivity index is 1.43. The largest absolute Gasteiger partial charge is 0.508 e. The third kappa shape index (κ3) is 4.96. The van der Waals surface area contributed by atoms with E-state index in [4.69, 9.17) is 13.9 Å². The Labute approximate surface area is 242 Å². The minimum Gasteiger partial charge on any atom is -0.508 e. The predicted molar refractivity (Wildman–Crippen MR) is 150 cm³/mol. The molecule has 4 aromatic rings. The maximum atomic E-state index is 13.2. The van der Waals surface area contributed by atoms with Crippen molar-refractivity contribution < 1.29 is 54.4 Å². The maximum absolute atomic E-state index is 13.2. The highest BCUT2D eigenvalue weighted by molar-refractivity contribution is 5.93. The van der Waals surface area contributed by atoms with Gasteiger partial charge >= 0.3 is 5.97 Å². The number of phenols is 3. The lowest BCUT2D eigenvalue weighted by Crippen LogP contribution is -2.61. The van der Waals surface area contributed by atoms with Crippen molar-refractivity contribution in [1.82, 2.24) is 0 Å². The summed E-state index contributed by atoms with van der Waals surface area (Å²) < 4.78 is 16.5. The third-order valence-electron chi connectivity index (χ3n) is 7.65. The number of hydrogen-bond donors (Lipinski definition) is 7. The summed E-state index contributed by atoms with van der Waals surface area (Å²) in [7, 11) is 0. The summed E-state index contributed by atoms with van der Waals surface area (Å²) in [6.45, 7) is 0. The van der Waals surface area contributed by atoms with Crippen LogP contribution in [-0.4, -0.2) is 72.4 Å². The van der Waals surface area contributed by atoms with Crippen LogP contribution in [-0.2, 0) is 16.0 Å². The van der Waals surface area contributed by atoms with Crippen LogP contribution in [0.15, 0.2) is 63.8 Å². The summed E-state index contributed by atoms with van der Waals surface area (Å²) in [5.41, 5.74) is 3.22. The Bertz CT molecular complexity index is 1840. The van der Waals surface area contributed by atoms with Crippen molar-refractivity contribution in [3.8, 4) is 34.3 Å². The smallest absolute Gasteiger partial charge is 0.335 e. The molecule has 5 atom stereocenters. The molecule has 1 saturated heterocycles. The standard InChI is InChI=1S/C31H26O12/c32-16-7-8-17(18(10-16)15-6-5-13-3-1-2-4-14(13)9-15)20-11-19(33)23-21(41-20)12-22(24(34)25(23)35)42-31-28(38)26(36)27(37)29(43-31)30(39)40/h1-4,7-12,26-29,31-32,34-38H,5-6H2,(H,39,40). The zero-order valence-corrected chi connectivity index (χ0v) is 22.2. The second kappa shape index (κ2) is 10.7. The van der Waals surface area contributed by atoms with Crippen molar-refractivity contribution in [2.24, 2.45) is 0 Å². The van der Waals surface area contributed by atoms with E-state index in [0.717, 1.165) is 29.7 Å². The van der Waals surface area contributed by atoms with Crippen molar-refractivity contribution in [1.29, 1.82) is 0 Å². The van der Waals surface area contributed by atoms with Crippen molar-refractivity contribution in [3.63, 3.8) is 0 Å². The van der Waals surface area contributed by atoms with Gasteiger partial charge < -0.3 is 49.6 Å². The Morgan fingerprint density at radius 1 is 0.860 bits per heavy atom. The first-order chi connectivity index (χ1) is 20.5. The van der Waals surface area contributed by atoms with E-state index in [2.05, 4.69) is 0 Å². The third-order valence-corrected chi connectivity index (χ3v) is 7.65. The predicted octanol–water partition coefficient (Wildman–Crippen LogP) is 2.33. The highest BCUT2D eigenvalue weighted by Gasteiger charge is 2.48. The summed E-state index contributed by atoms with van der Waals surface area (Å²) in [5.74, 6) is -3.99. The number of carboxylic acid groups (broad SMARTS) is 1. The number of phenolic OH excluding ortho intramolecular Hbond substituents is 3. The van der Waals surface area contributed by atoms with Crippen molar-refractivity contribution in [3.05, 3.63) is 81.5 Å². The van der Waals surface area contributed by atoms with Gasteiger partial charge in [0, 0.05) is 17.7 Å². The lowest BCUT2D eigenvalue weighted by Gasteiger charge is -2.38. The van der Waals surface area contributed by atoms with Gasteiger partial charge in [-0.15, -0.1) is 0 Å². The molecular formula is C31H26O12. The zero-order valence-electron chi connectivity index (χ0n) is 22.2. The van der Waals surface area contributed by atoms with Crippen LogP contribution >= 0.6 is 0 Å². The topological polar surface area (TPSA) is 207 Å². The number of benzene rings is 3. The number of ether oxygens (including phenoxy) is 2. The van der Waals surface area contributed by atoms with Crippen LogP contribution in [0.3, 0.4) is 0 Å². The zero-order chi connectivity index (χ0) is 30.6. The molecule has 7 N–H and O–H groups in total. The monoisotopic (exact) mass is 590 g/mol. The number of carboxylic acids is 1. The molecule has 12 nitrogen and oxygen atoms in total. The number of aromatic hydroxyl groups is 3. The summed E-state index contributed by atoms with van der Waals surface area (Å²) in [6, 6.07) is 14.7. The van der Waals surface area contributed by atoms with Crippen molar-refractivity contribution >= 4 is 28.6 Å². The van der Waals surface area contributed by atoms with E-state index in [-0.39, 0.29) is 22.5 Å². The van der Waals surface area contributed by atoms with Gasteiger partial charge in [-0.25, -0.2) is 4.79 Å². The number of aliphatic carboxylic acids is 1. The van der Waals surface area contributed by atoms with E-state index in [1.54, 1.807) is 12.1 Å². The summed E-state index contributed by atoms with van der Waals surface area (Å²) >= 11 is 0. The Kier molecular flexibility index (Phi) is 7.06. The molecule has 0 spiro atoms.